The van der Waals surface area contributed by atoms with Crippen LogP contribution in [0, 0.1) is 5.92 Å². The van der Waals surface area contributed by atoms with Gasteiger partial charge in [-0.2, -0.15) is 0 Å². The summed E-state index contributed by atoms with van der Waals surface area (Å²) < 4.78 is 5.87. The van der Waals surface area contributed by atoms with Crippen LogP contribution < -0.4 is 5.32 Å². The van der Waals surface area contributed by atoms with Crippen LogP contribution in [0.3, 0.4) is 0 Å². The van der Waals surface area contributed by atoms with Gasteiger partial charge >= 0.3 is 0 Å². The lowest BCUT2D eigenvalue weighted by Gasteiger charge is -2.29. The Balaban J connectivity index is 4.27. The quantitative estimate of drug-likeness (QED) is 0.592. The molecule has 2 nitrogen and oxygen atoms in total. The molecule has 3 unspecified atom stereocenters. The van der Waals surface area contributed by atoms with Gasteiger partial charge in [0.1, 0.15) is 0 Å². The smallest absolute Gasteiger partial charge is 0.0725 e. The summed E-state index contributed by atoms with van der Waals surface area (Å²) in [6, 6.07) is 0.529. The van der Waals surface area contributed by atoms with Gasteiger partial charge in [0.25, 0.3) is 0 Å². The molecular formula is C15H33NO. The molecule has 0 aliphatic rings. The zero-order valence-electron chi connectivity index (χ0n) is 12.6. The van der Waals surface area contributed by atoms with Crippen molar-refractivity contribution < 1.29 is 4.74 Å². The van der Waals surface area contributed by atoms with Crippen LogP contribution in [0.4, 0.5) is 0 Å². The first-order valence-electron chi connectivity index (χ1n) is 7.54. The lowest BCUT2D eigenvalue weighted by atomic mass is 9.93. The normalized spacial score (nSPS) is 16.8. The summed E-state index contributed by atoms with van der Waals surface area (Å²) in [4.78, 5) is 0. The molecule has 0 aliphatic carbocycles. The first kappa shape index (κ1) is 16.9. The third-order valence-corrected chi connectivity index (χ3v) is 3.33. The fourth-order valence-corrected chi connectivity index (χ4v) is 2.47. The predicted molar refractivity (Wildman–Crippen MR) is 76.5 cm³/mol. The maximum absolute atomic E-state index is 5.87. The van der Waals surface area contributed by atoms with E-state index in [0.29, 0.717) is 12.1 Å². The molecule has 17 heavy (non-hydrogen) atoms. The Morgan fingerprint density at radius 3 is 2.24 bits per heavy atom. The van der Waals surface area contributed by atoms with E-state index in [4.69, 9.17) is 4.74 Å². The monoisotopic (exact) mass is 243 g/mol. The van der Waals surface area contributed by atoms with Crippen molar-refractivity contribution in [2.75, 3.05) is 13.2 Å². The average molecular weight is 243 g/mol. The fraction of sp³-hybridized carbons (Fsp3) is 1.00. The molecule has 1 N–H and O–H groups in total. The van der Waals surface area contributed by atoms with Crippen LogP contribution in [0.1, 0.15) is 66.7 Å². The summed E-state index contributed by atoms with van der Waals surface area (Å²) in [6.07, 6.45) is 6.53. The lowest BCUT2D eigenvalue weighted by Crippen LogP contribution is -2.42. The van der Waals surface area contributed by atoms with Crippen molar-refractivity contribution in [2.45, 2.75) is 78.9 Å². The largest absolute Gasteiger partial charge is 0.377 e. The summed E-state index contributed by atoms with van der Waals surface area (Å²) in [5, 5.41) is 3.67. The van der Waals surface area contributed by atoms with Crippen LogP contribution in [-0.4, -0.2) is 25.3 Å². The van der Waals surface area contributed by atoms with Gasteiger partial charge in [0, 0.05) is 12.6 Å². The Kier molecular flexibility index (Phi) is 11.0. The second kappa shape index (κ2) is 11.0. The molecule has 0 saturated carbocycles. The van der Waals surface area contributed by atoms with E-state index >= 15 is 0 Å². The van der Waals surface area contributed by atoms with E-state index in [-0.39, 0.29) is 0 Å². The first-order chi connectivity index (χ1) is 8.19. The number of ether oxygens (including phenoxy) is 1. The molecule has 0 radical (unpaired) electrons. The van der Waals surface area contributed by atoms with Crippen LogP contribution in [0.2, 0.25) is 0 Å². The number of hydrogen-bond donors (Lipinski definition) is 1. The molecular weight excluding hydrogens is 210 g/mol. The molecule has 0 aromatic heterocycles. The van der Waals surface area contributed by atoms with Gasteiger partial charge in [-0.3, -0.25) is 0 Å². The van der Waals surface area contributed by atoms with Gasteiger partial charge in [-0.1, -0.05) is 40.5 Å². The number of nitrogens with one attached hydrogen (secondary N) is 1. The van der Waals surface area contributed by atoms with Crippen molar-refractivity contribution in [1.82, 2.24) is 5.32 Å². The Bertz CT molecular complexity index is 161. The van der Waals surface area contributed by atoms with Crippen LogP contribution >= 0.6 is 0 Å². The second-order valence-electron chi connectivity index (χ2n) is 5.09. The van der Waals surface area contributed by atoms with Gasteiger partial charge in [0.15, 0.2) is 0 Å². The van der Waals surface area contributed by atoms with Gasteiger partial charge in [0.05, 0.1) is 6.10 Å². The second-order valence-corrected chi connectivity index (χ2v) is 5.09. The molecule has 0 aromatic rings. The summed E-state index contributed by atoms with van der Waals surface area (Å²) in [6.45, 7) is 13.1. The molecule has 0 saturated heterocycles. The molecule has 0 aromatic carbocycles. The Morgan fingerprint density at radius 2 is 1.76 bits per heavy atom. The van der Waals surface area contributed by atoms with Gasteiger partial charge in [-0.15, -0.1) is 0 Å². The fourth-order valence-electron chi connectivity index (χ4n) is 2.47. The van der Waals surface area contributed by atoms with Crippen LogP contribution in [-0.2, 0) is 4.74 Å². The SMILES string of the molecule is CCCNC(CC(C)CCC)C(CC)OCC. The van der Waals surface area contributed by atoms with E-state index in [1.165, 1.54) is 25.7 Å². The van der Waals surface area contributed by atoms with Crippen molar-refractivity contribution in [3.8, 4) is 0 Å². The Hall–Kier alpha value is -0.0800. The van der Waals surface area contributed by atoms with Crippen LogP contribution in [0.5, 0.6) is 0 Å². The zero-order valence-corrected chi connectivity index (χ0v) is 12.6. The molecule has 0 fully saturated rings. The van der Waals surface area contributed by atoms with Gasteiger partial charge < -0.3 is 10.1 Å². The minimum atomic E-state index is 0.380. The van der Waals surface area contributed by atoms with Gasteiger partial charge in [-0.25, -0.2) is 0 Å². The minimum Gasteiger partial charge on any atom is -0.377 e. The first-order valence-corrected chi connectivity index (χ1v) is 7.54. The molecule has 0 rings (SSSR count). The van der Waals surface area contributed by atoms with E-state index in [1.807, 2.05) is 0 Å². The summed E-state index contributed by atoms with van der Waals surface area (Å²) in [5.41, 5.74) is 0. The van der Waals surface area contributed by atoms with Crippen molar-refractivity contribution in [2.24, 2.45) is 5.92 Å². The highest BCUT2D eigenvalue weighted by Gasteiger charge is 2.21. The highest BCUT2D eigenvalue weighted by Crippen LogP contribution is 2.17. The standard InChI is InChI=1S/C15H33NO/c1-6-10-13(5)12-14(16-11-7-2)15(8-3)17-9-4/h13-16H,6-12H2,1-5H3. The van der Waals surface area contributed by atoms with E-state index < -0.39 is 0 Å². The number of rotatable bonds is 11. The topological polar surface area (TPSA) is 21.3 Å². The van der Waals surface area contributed by atoms with Crippen molar-refractivity contribution in [1.29, 1.82) is 0 Å². The molecule has 2 heteroatoms. The lowest BCUT2D eigenvalue weighted by molar-refractivity contribution is 0.0255. The summed E-state index contributed by atoms with van der Waals surface area (Å²) >= 11 is 0. The van der Waals surface area contributed by atoms with Gasteiger partial charge in [0.2, 0.25) is 0 Å². The molecule has 0 spiro atoms. The van der Waals surface area contributed by atoms with Crippen LogP contribution in [0.25, 0.3) is 0 Å². The number of hydrogen-bond acceptors (Lipinski definition) is 2. The average Bonchev–Trinajstić information content (AvgIpc) is 2.32. The third kappa shape index (κ3) is 7.77. The maximum atomic E-state index is 5.87. The molecule has 3 atom stereocenters. The minimum absolute atomic E-state index is 0.380. The van der Waals surface area contributed by atoms with Gasteiger partial charge in [-0.05, 0) is 38.6 Å². The highest BCUT2D eigenvalue weighted by molar-refractivity contribution is 4.78. The van der Waals surface area contributed by atoms with Crippen molar-refractivity contribution >= 4 is 0 Å². The molecule has 0 aliphatic heterocycles. The molecule has 0 bridgehead atoms. The van der Waals surface area contributed by atoms with E-state index in [1.54, 1.807) is 0 Å². The zero-order chi connectivity index (χ0) is 13.1. The highest BCUT2D eigenvalue weighted by atomic mass is 16.5. The van der Waals surface area contributed by atoms with E-state index in [9.17, 15) is 0 Å². The van der Waals surface area contributed by atoms with E-state index in [2.05, 4.69) is 39.9 Å². The maximum Gasteiger partial charge on any atom is 0.0725 e. The Labute approximate surface area is 109 Å². The third-order valence-electron chi connectivity index (χ3n) is 3.33. The Morgan fingerprint density at radius 1 is 1.06 bits per heavy atom. The summed E-state index contributed by atoms with van der Waals surface area (Å²) in [5.74, 6) is 0.795. The molecule has 0 amide bonds. The predicted octanol–water partition coefficient (Wildman–Crippen LogP) is 4.00. The molecule has 0 heterocycles. The van der Waals surface area contributed by atoms with E-state index in [0.717, 1.165) is 25.5 Å². The van der Waals surface area contributed by atoms with Crippen LogP contribution in [0.15, 0.2) is 0 Å². The van der Waals surface area contributed by atoms with Crippen molar-refractivity contribution in [3.05, 3.63) is 0 Å². The molecule has 104 valence electrons. The summed E-state index contributed by atoms with van der Waals surface area (Å²) in [7, 11) is 0. The van der Waals surface area contributed by atoms with Crippen molar-refractivity contribution in [3.63, 3.8) is 0 Å².